The molecule has 1 aromatic rings. The number of hydrogen-bond acceptors (Lipinski definition) is 0. The van der Waals surface area contributed by atoms with E-state index in [9.17, 15) is 0 Å². The Morgan fingerprint density at radius 2 is 1.88 bits per heavy atom. The molecule has 0 amide bonds. The molecule has 0 aliphatic heterocycles. The molecular formula is C16H20Se. The van der Waals surface area contributed by atoms with Gasteiger partial charge in [0.15, 0.2) is 0 Å². The van der Waals surface area contributed by atoms with Crippen molar-refractivity contribution in [1.82, 2.24) is 0 Å². The van der Waals surface area contributed by atoms with Crippen molar-refractivity contribution in [2.24, 2.45) is 5.92 Å². The van der Waals surface area contributed by atoms with Crippen molar-refractivity contribution in [3.05, 3.63) is 52.5 Å². The summed E-state index contributed by atoms with van der Waals surface area (Å²) in [5, 5.41) is 0. The molecule has 17 heavy (non-hydrogen) atoms. The first-order valence-electron chi connectivity index (χ1n) is 6.30. The molecule has 1 aromatic carbocycles. The fraction of sp³-hybridized carbons (Fsp3) is 0.375. The van der Waals surface area contributed by atoms with Crippen LogP contribution in [0, 0.1) is 5.92 Å². The van der Waals surface area contributed by atoms with Crippen LogP contribution in [0.25, 0.3) is 5.57 Å². The quantitative estimate of drug-likeness (QED) is 0.715. The van der Waals surface area contributed by atoms with Crippen LogP contribution < -0.4 is 0 Å². The first-order valence-corrected chi connectivity index (χ1v) is 8.15. The van der Waals surface area contributed by atoms with Gasteiger partial charge in [-0.25, -0.2) is 0 Å². The van der Waals surface area contributed by atoms with Crippen LogP contribution in [0.15, 0.2) is 47.0 Å². The molecule has 1 unspecified atom stereocenters. The Balaban J connectivity index is 2.38. The molecule has 2 rings (SSSR count). The molecule has 0 spiro atoms. The van der Waals surface area contributed by atoms with Crippen LogP contribution in [0.5, 0.6) is 0 Å². The fourth-order valence-electron chi connectivity index (χ4n) is 2.36. The molecule has 0 heterocycles. The molecule has 0 nitrogen and oxygen atoms in total. The van der Waals surface area contributed by atoms with Gasteiger partial charge in [0.2, 0.25) is 0 Å². The van der Waals surface area contributed by atoms with E-state index in [1.54, 1.807) is 10.0 Å². The van der Waals surface area contributed by atoms with Gasteiger partial charge in [-0.3, -0.25) is 0 Å². The number of rotatable bonds is 4. The Kier molecular flexibility index (Phi) is 3.91. The molecule has 1 aliphatic rings. The number of allylic oxidation sites excluding steroid dienone is 3. The van der Waals surface area contributed by atoms with Crippen molar-refractivity contribution in [2.45, 2.75) is 32.0 Å². The normalized spacial score (nSPS) is 19.8. The second-order valence-corrected chi connectivity index (χ2v) is 8.09. The average Bonchev–Trinajstić information content (AvgIpc) is 2.33. The molecule has 0 saturated heterocycles. The maximum atomic E-state index is 4.28. The van der Waals surface area contributed by atoms with Crippen molar-refractivity contribution in [1.29, 1.82) is 0 Å². The summed E-state index contributed by atoms with van der Waals surface area (Å²) in [7, 11) is 0. The minimum atomic E-state index is 0.577. The number of benzene rings is 1. The second-order valence-electron chi connectivity index (χ2n) is 4.76. The van der Waals surface area contributed by atoms with E-state index in [4.69, 9.17) is 0 Å². The molecular weight excluding hydrogens is 271 g/mol. The van der Waals surface area contributed by atoms with E-state index >= 15 is 0 Å². The third kappa shape index (κ3) is 2.41. The first-order chi connectivity index (χ1) is 8.15. The third-order valence-corrected chi connectivity index (χ3v) is 5.65. The summed E-state index contributed by atoms with van der Waals surface area (Å²) in [6.07, 6.45) is 1.18. The van der Waals surface area contributed by atoms with E-state index in [0.717, 1.165) is 4.82 Å². The van der Waals surface area contributed by atoms with E-state index in [1.807, 2.05) is 0 Å². The molecule has 0 fully saturated rings. The fourth-order valence-corrected chi connectivity index (χ4v) is 4.78. The molecule has 0 aromatic heterocycles. The topological polar surface area (TPSA) is 0 Å². The van der Waals surface area contributed by atoms with Crippen LogP contribution >= 0.6 is 0 Å². The van der Waals surface area contributed by atoms with Gasteiger partial charge in [-0.15, -0.1) is 0 Å². The monoisotopic (exact) mass is 292 g/mol. The van der Waals surface area contributed by atoms with Gasteiger partial charge in [0, 0.05) is 0 Å². The van der Waals surface area contributed by atoms with E-state index < -0.39 is 0 Å². The summed E-state index contributed by atoms with van der Waals surface area (Å²) in [6, 6.07) is 10.8. The predicted molar refractivity (Wildman–Crippen MR) is 77.1 cm³/mol. The zero-order chi connectivity index (χ0) is 12.4. The molecule has 1 heteroatoms. The summed E-state index contributed by atoms with van der Waals surface area (Å²) in [4.78, 5) is 0.769. The van der Waals surface area contributed by atoms with Crippen LogP contribution in [0.4, 0.5) is 0 Å². The Morgan fingerprint density at radius 3 is 2.41 bits per heavy atom. The van der Waals surface area contributed by atoms with Gasteiger partial charge in [-0.1, -0.05) is 0 Å². The third-order valence-electron chi connectivity index (χ3n) is 3.15. The van der Waals surface area contributed by atoms with Crippen molar-refractivity contribution in [3.8, 4) is 0 Å². The maximum absolute atomic E-state index is 4.28. The Labute approximate surface area is 111 Å². The van der Waals surface area contributed by atoms with E-state index in [2.05, 4.69) is 57.7 Å². The molecule has 0 bridgehead atoms. The zero-order valence-corrected chi connectivity index (χ0v) is 12.6. The van der Waals surface area contributed by atoms with Crippen LogP contribution in [-0.2, 0) is 0 Å². The van der Waals surface area contributed by atoms with Crippen molar-refractivity contribution in [2.75, 3.05) is 0 Å². The van der Waals surface area contributed by atoms with E-state index in [-0.39, 0.29) is 0 Å². The average molecular weight is 291 g/mol. The summed E-state index contributed by atoms with van der Waals surface area (Å²) in [5.41, 5.74) is 4.39. The van der Waals surface area contributed by atoms with Crippen LogP contribution in [0.3, 0.4) is 0 Å². The Hall–Kier alpha value is -0.781. The van der Waals surface area contributed by atoms with Gasteiger partial charge in [-0.2, -0.15) is 0 Å². The molecule has 90 valence electrons. The first kappa shape index (κ1) is 12.7. The van der Waals surface area contributed by atoms with Gasteiger partial charge in [0.05, 0.1) is 0 Å². The van der Waals surface area contributed by atoms with Gasteiger partial charge in [-0.05, 0) is 0 Å². The molecule has 0 saturated carbocycles. The van der Waals surface area contributed by atoms with Gasteiger partial charge in [0.25, 0.3) is 0 Å². The van der Waals surface area contributed by atoms with E-state index in [0.29, 0.717) is 20.9 Å². The van der Waals surface area contributed by atoms with Gasteiger partial charge < -0.3 is 0 Å². The van der Waals surface area contributed by atoms with Crippen LogP contribution in [0.1, 0.15) is 32.8 Å². The summed E-state index contributed by atoms with van der Waals surface area (Å²) in [5.74, 6) is 0.605. The van der Waals surface area contributed by atoms with Crippen LogP contribution in [0.2, 0.25) is 4.82 Å². The summed E-state index contributed by atoms with van der Waals surface area (Å²) >= 11 is 0.577. The molecule has 0 radical (unpaired) electrons. The van der Waals surface area contributed by atoms with Crippen LogP contribution in [-0.4, -0.2) is 15.0 Å². The van der Waals surface area contributed by atoms with Gasteiger partial charge in [0.1, 0.15) is 0 Å². The van der Waals surface area contributed by atoms with E-state index in [1.165, 1.54) is 17.6 Å². The zero-order valence-electron chi connectivity index (χ0n) is 10.9. The van der Waals surface area contributed by atoms with Crippen molar-refractivity contribution < 1.29 is 0 Å². The Morgan fingerprint density at radius 1 is 1.24 bits per heavy atom. The SMILES string of the molecule is C=C1C([Se]C(C)C)=C(c2ccccc2)C1CC. The summed E-state index contributed by atoms with van der Waals surface area (Å²) < 4.78 is 1.57. The molecule has 0 N–H and O–H groups in total. The number of hydrogen-bond donors (Lipinski definition) is 0. The van der Waals surface area contributed by atoms with Crippen molar-refractivity contribution in [3.63, 3.8) is 0 Å². The standard InChI is InChI=1S/C16H20Se/c1-5-14-12(4)16(17-11(2)3)15(14)13-9-7-6-8-10-13/h6-11,14H,4-5H2,1-3H3. The minimum absolute atomic E-state index is 0.577. The van der Waals surface area contributed by atoms with Crippen molar-refractivity contribution >= 4 is 20.5 Å². The van der Waals surface area contributed by atoms with Gasteiger partial charge >= 0.3 is 111 Å². The summed E-state index contributed by atoms with van der Waals surface area (Å²) in [6.45, 7) is 11.2. The molecule has 1 aliphatic carbocycles. The Bertz CT molecular complexity index is 440. The predicted octanol–water partition coefficient (Wildman–Crippen LogP) is 4.53. The second kappa shape index (κ2) is 5.25. The molecule has 1 atom stereocenters.